The molecule has 2 rings (SSSR count). The predicted octanol–water partition coefficient (Wildman–Crippen LogP) is 3.89. The number of rotatable bonds is 7. The Morgan fingerprint density at radius 1 is 1.19 bits per heavy atom. The molecule has 0 atom stereocenters. The molecular weight excluding hydrogens is 377 g/mol. The molecule has 21 heavy (non-hydrogen) atoms. The SMILES string of the molecule is COCCOc1cccc(CN(C)C2CCC(I)CC2)c1. The standard InChI is InChI=1S/C17H26INO2/c1-19(16-8-6-15(18)7-9-16)13-14-4-3-5-17(12-14)21-11-10-20-2/h3-5,12,15-16H,6-11,13H2,1-2H3. The van der Waals surface area contributed by atoms with E-state index in [0.717, 1.165) is 22.3 Å². The van der Waals surface area contributed by atoms with Crippen LogP contribution in [0.3, 0.4) is 0 Å². The van der Waals surface area contributed by atoms with Gasteiger partial charge in [0, 0.05) is 23.6 Å². The molecule has 0 aromatic heterocycles. The summed E-state index contributed by atoms with van der Waals surface area (Å²) < 4.78 is 11.6. The normalized spacial score (nSPS) is 22.5. The largest absolute Gasteiger partial charge is 0.491 e. The molecule has 1 aromatic rings. The molecule has 1 aliphatic carbocycles. The monoisotopic (exact) mass is 403 g/mol. The van der Waals surface area contributed by atoms with Gasteiger partial charge in [-0.2, -0.15) is 0 Å². The maximum absolute atomic E-state index is 5.68. The fourth-order valence-electron chi connectivity index (χ4n) is 2.87. The van der Waals surface area contributed by atoms with Gasteiger partial charge < -0.3 is 9.47 Å². The summed E-state index contributed by atoms with van der Waals surface area (Å²) in [4.78, 5) is 2.50. The molecule has 0 amide bonds. The van der Waals surface area contributed by atoms with Crippen molar-refractivity contribution in [2.24, 2.45) is 0 Å². The van der Waals surface area contributed by atoms with Gasteiger partial charge in [-0.1, -0.05) is 34.7 Å². The molecule has 0 spiro atoms. The van der Waals surface area contributed by atoms with Crippen molar-refractivity contribution in [3.05, 3.63) is 29.8 Å². The molecule has 0 radical (unpaired) electrons. The number of methoxy groups -OCH3 is 1. The lowest BCUT2D eigenvalue weighted by Gasteiger charge is -2.33. The van der Waals surface area contributed by atoms with Gasteiger partial charge in [-0.05, 0) is 50.4 Å². The van der Waals surface area contributed by atoms with Crippen LogP contribution in [0.5, 0.6) is 5.75 Å². The molecule has 118 valence electrons. The molecule has 0 unspecified atom stereocenters. The number of hydrogen-bond donors (Lipinski definition) is 0. The first-order valence-corrected chi connectivity index (χ1v) is 8.98. The van der Waals surface area contributed by atoms with Crippen LogP contribution in [0.25, 0.3) is 0 Å². The van der Waals surface area contributed by atoms with Crippen LogP contribution in [-0.4, -0.2) is 42.2 Å². The average molecular weight is 403 g/mol. The van der Waals surface area contributed by atoms with Crippen molar-refractivity contribution in [3.63, 3.8) is 0 Å². The zero-order chi connectivity index (χ0) is 15.1. The van der Waals surface area contributed by atoms with Gasteiger partial charge in [0.25, 0.3) is 0 Å². The third-order valence-electron chi connectivity index (χ3n) is 4.14. The number of alkyl halides is 1. The van der Waals surface area contributed by atoms with Crippen molar-refractivity contribution in [2.45, 2.75) is 42.2 Å². The zero-order valence-corrected chi connectivity index (χ0v) is 15.2. The molecule has 3 nitrogen and oxygen atoms in total. The van der Waals surface area contributed by atoms with E-state index in [1.54, 1.807) is 7.11 Å². The van der Waals surface area contributed by atoms with Gasteiger partial charge in [0.2, 0.25) is 0 Å². The van der Waals surface area contributed by atoms with E-state index in [4.69, 9.17) is 9.47 Å². The summed E-state index contributed by atoms with van der Waals surface area (Å²) in [7, 11) is 3.94. The van der Waals surface area contributed by atoms with Crippen molar-refractivity contribution in [3.8, 4) is 5.75 Å². The van der Waals surface area contributed by atoms with Crippen molar-refractivity contribution in [2.75, 3.05) is 27.4 Å². The second-order valence-corrected chi connectivity index (χ2v) is 7.57. The minimum atomic E-state index is 0.607. The van der Waals surface area contributed by atoms with E-state index in [1.165, 1.54) is 31.2 Å². The zero-order valence-electron chi connectivity index (χ0n) is 13.1. The summed E-state index contributed by atoms with van der Waals surface area (Å²) >= 11 is 2.59. The highest BCUT2D eigenvalue weighted by molar-refractivity contribution is 14.1. The number of hydrogen-bond acceptors (Lipinski definition) is 3. The second kappa shape index (κ2) is 8.96. The topological polar surface area (TPSA) is 21.7 Å². The molecule has 1 aliphatic rings. The maximum Gasteiger partial charge on any atom is 0.119 e. The third-order valence-corrected chi connectivity index (χ3v) is 5.38. The Morgan fingerprint density at radius 2 is 1.95 bits per heavy atom. The van der Waals surface area contributed by atoms with Crippen LogP contribution in [0, 0.1) is 0 Å². The summed E-state index contributed by atoms with van der Waals surface area (Å²) in [6, 6.07) is 9.15. The van der Waals surface area contributed by atoms with E-state index in [2.05, 4.69) is 52.7 Å². The summed E-state index contributed by atoms with van der Waals surface area (Å²) in [6.07, 6.45) is 5.37. The molecular formula is C17H26INO2. The van der Waals surface area contributed by atoms with E-state index in [1.807, 2.05) is 6.07 Å². The Bertz CT molecular complexity index is 419. The Hall–Kier alpha value is -0.330. The molecule has 0 saturated heterocycles. The quantitative estimate of drug-likeness (QED) is 0.392. The van der Waals surface area contributed by atoms with Crippen molar-refractivity contribution < 1.29 is 9.47 Å². The van der Waals surface area contributed by atoms with Gasteiger partial charge in [0.15, 0.2) is 0 Å². The Labute approximate surface area is 142 Å². The summed E-state index contributed by atoms with van der Waals surface area (Å²) in [5.74, 6) is 0.939. The smallest absolute Gasteiger partial charge is 0.119 e. The van der Waals surface area contributed by atoms with Gasteiger partial charge in [0.05, 0.1) is 6.61 Å². The Balaban J connectivity index is 1.85. The summed E-state index contributed by atoms with van der Waals surface area (Å²) in [6.45, 7) is 2.23. The predicted molar refractivity (Wildman–Crippen MR) is 95.3 cm³/mol. The minimum Gasteiger partial charge on any atom is -0.491 e. The Morgan fingerprint density at radius 3 is 2.67 bits per heavy atom. The first kappa shape index (κ1) is 17.0. The van der Waals surface area contributed by atoms with Crippen LogP contribution in [0.1, 0.15) is 31.2 Å². The minimum absolute atomic E-state index is 0.607. The van der Waals surface area contributed by atoms with Gasteiger partial charge in [0.1, 0.15) is 12.4 Å². The fourth-order valence-corrected chi connectivity index (χ4v) is 3.59. The van der Waals surface area contributed by atoms with E-state index in [0.29, 0.717) is 13.2 Å². The fraction of sp³-hybridized carbons (Fsp3) is 0.647. The van der Waals surface area contributed by atoms with Crippen LogP contribution >= 0.6 is 22.6 Å². The second-order valence-electron chi connectivity index (χ2n) is 5.81. The van der Waals surface area contributed by atoms with E-state index in [-0.39, 0.29) is 0 Å². The van der Waals surface area contributed by atoms with E-state index >= 15 is 0 Å². The first-order valence-electron chi connectivity index (χ1n) is 7.74. The lowest BCUT2D eigenvalue weighted by atomic mass is 9.94. The van der Waals surface area contributed by atoms with E-state index in [9.17, 15) is 0 Å². The molecule has 1 saturated carbocycles. The highest BCUT2D eigenvalue weighted by Gasteiger charge is 2.22. The molecule has 1 aromatic carbocycles. The number of nitrogens with zero attached hydrogens (tertiary/aromatic N) is 1. The van der Waals surface area contributed by atoms with Gasteiger partial charge >= 0.3 is 0 Å². The molecule has 1 fully saturated rings. The lowest BCUT2D eigenvalue weighted by molar-refractivity contribution is 0.146. The molecule has 0 N–H and O–H groups in total. The highest BCUT2D eigenvalue weighted by atomic mass is 127. The lowest BCUT2D eigenvalue weighted by Crippen LogP contribution is -2.34. The first-order chi connectivity index (χ1) is 10.2. The number of ether oxygens (including phenoxy) is 2. The van der Waals surface area contributed by atoms with Crippen LogP contribution in [0.15, 0.2) is 24.3 Å². The molecule has 0 heterocycles. The third kappa shape index (κ3) is 5.75. The maximum atomic E-state index is 5.68. The van der Waals surface area contributed by atoms with Crippen LogP contribution in [0.2, 0.25) is 0 Å². The highest BCUT2D eigenvalue weighted by Crippen LogP contribution is 2.28. The van der Waals surface area contributed by atoms with E-state index < -0.39 is 0 Å². The van der Waals surface area contributed by atoms with Gasteiger partial charge in [-0.15, -0.1) is 0 Å². The van der Waals surface area contributed by atoms with Gasteiger partial charge in [-0.25, -0.2) is 0 Å². The summed E-state index contributed by atoms with van der Waals surface area (Å²) in [5.41, 5.74) is 1.32. The van der Waals surface area contributed by atoms with Crippen LogP contribution in [0.4, 0.5) is 0 Å². The van der Waals surface area contributed by atoms with Gasteiger partial charge in [-0.3, -0.25) is 4.90 Å². The number of halogens is 1. The molecule has 0 aliphatic heterocycles. The van der Waals surface area contributed by atoms with Crippen molar-refractivity contribution in [1.82, 2.24) is 4.90 Å². The van der Waals surface area contributed by atoms with Crippen LogP contribution in [-0.2, 0) is 11.3 Å². The van der Waals surface area contributed by atoms with Crippen molar-refractivity contribution >= 4 is 22.6 Å². The van der Waals surface area contributed by atoms with Crippen LogP contribution < -0.4 is 4.74 Å². The number of benzene rings is 1. The summed E-state index contributed by atoms with van der Waals surface area (Å²) in [5, 5.41) is 0. The van der Waals surface area contributed by atoms with Crippen molar-refractivity contribution in [1.29, 1.82) is 0 Å². The molecule has 0 bridgehead atoms. The molecule has 4 heteroatoms. The average Bonchev–Trinajstić information content (AvgIpc) is 2.48. The Kier molecular flexibility index (Phi) is 7.26.